The van der Waals surface area contributed by atoms with Crippen molar-refractivity contribution in [3.05, 3.63) is 29.8 Å². The summed E-state index contributed by atoms with van der Waals surface area (Å²) in [6.45, 7) is 1.70. The molecule has 3 rings (SSSR count). The number of hydrogen-bond donors (Lipinski definition) is 3. The Hall–Kier alpha value is -1.63. The first-order chi connectivity index (χ1) is 11.2. The number of halogens is 1. The fourth-order valence-electron chi connectivity index (χ4n) is 3.01. The summed E-state index contributed by atoms with van der Waals surface area (Å²) >= 11 is 0. The lowest BCUT2D eigenvalue weighted by Crippen LogP contribution is -2.48. The van der Waals surface area contributed by atoms with Gasteiger partial charge in [0.05, 0.1) is 13.2 Å². The van der Waals surface area contributed by atoms with E-state index in [1.54, 1.807) is 24.3 Å². The smallest absolute Gasteiger partial charge is 0.251 e. The SMILES string of the molecule is Cl.O=C(NC1CCCC1)c1ccc(NC(=O)C2COCCN2)cc1. The zero-order valence-electron chi connectivity index (χ0n) is 13.5. The summed E-state index contributed by atoms with van der Waals surface area (Å²) in [6, 6.07) is 6.97. The number of anilines is 1. The molecule has 0 spiro atoms. The van der Waals surface area contributed by atoms with Gasteiger partial charge in [-0.3, -0.25) is 9.59 Å². The fraction of sp³-hybridized carbons (Fsp3) is 0.529. The van der Waals surface area contributed by atoms with Crippen LogP contribution in [0.4, 0.5) is 5.69 Å². The molecule has 2 fully saturated rings. The summed E-state index contributed by atoms with van der Waals surface area (Å²) in [5, 5.41) is 9.00. The summed E-state index contributed by atoms with van der Waals surface area (Å²) in [5.74, 6) is -0.162. The van der Waals surface area contributed by atoms with Crippen LogP contribution in [0.25, 0.3) is 0 Å². The lowest BCUT2D eigenvalue weighted by molar-refractivity contribution is -0.120. The standard InChI is InChI=1S/C17H23N3O3.ClH/c21-16(19-13-3-1-2-4-13)12-5-7-14(8-6-12)20-17(22)15-11-23-10-9-18-15;/h5-8,13,15,18H,1-4,9-11H2,(H,19,21)(H,20,22);1H. The van der Waals surface area contributed by atoms with Gasteiger partial charge < -0.3 is 20.7 Å². The second kappa shape index (κ2) is 9.01. The summed E-state index contributed by atoms with van der Waals surface area (Å²) in [4.78, 5) is 24.2. The van der Waals surface area contributed by atoms with Crippen molar-refractivity contribution in [1.29, 1.82) is 0 Å². The van der Waals surface area contributed by atoms with E-state index in [1.165, 1.54) is 12.8 Å². The van der Waals surface area contributed by atoms with Crippen molar-refractivity contribution in [3.8, 4) is 0 Å². The predicted molar refractivity (Wildman–Crippen MR) is 94.7 cm³/mol. The average molecular weight is 354 g/mol. The third-order valence-electron chi connectivity index (χ3n) is 4.34. The first kappa shape index (κ1) is 18.7. The molecule has 0 radical (unpaired) electrons. The Bertz CT molecular complexity index is 553. The van der Waals surface area contributed by atoms with Crippen molar-refractivity contribution in [2.75, 3.05) is 25.1 Å². The second-order valence-corrected chi connectivity index (χ2v) is 6.10. The van der Waals surface area contributed by atoms with Crippen LogP contribution in [0, 0.1) is 0 Å². The highest BCUT2D eigenvalue weighted by molar-refractivity contribution is 5.97. The van der Waals surface area contributed by atoms with Gasteiger partial charge in [0.15, 0.2) is 0 Å². The summed E-state index contributed by atoms with van der Waals surface area (Å²) in [7, 11) is 0. The maximum absolute atomic E-state index is 12.2. The molecule has 0 aromatic heterocycles. The van der Waals surface area contributed by atoms with Crippen LogP contribution in [0.3, 0.4) is 0 Å². The average Bonchev–Trinajstić information content (AvgIpc) is 3.09. The van der Waals surface area contributed by atoms with E-state index in [0.717, 1.165) is 12.8 Å². The fourth-order valence-corrected chi connectivity index (χ4v) is 3.01. The summed E-state index contributed by atoms with van der Waals surface area (Å²) < 4.78 is 5.28. The lowest BCUT2D eigenvalue weighted by atomic mass is 10.1. The largest absolute Gasteiger partial charge is 0.378 e. The van der Waals surface area contributed by atoms with E-state index in [1.807, 2.05) is 0 Å². The van der Waals surface area contributed by atoms with Crippen LogP contribution in [0.2, 0.25) is 0 Å². The molecule has 0 bridgehead atoms. The van der Waals surface area contributed by atoms with Crippen LogP contribution >= 0.6 is 12.4 Å². The third-order valence-corrected chi connectivity index (χ3v) is 4.34. The molecular formula is C17H24ClN3O3. The molecule has 1 saturated carbocycles. The molecular weight excluding hydrogens is 330 g/mol. The van der Waals surface area contributed by atoms with Gasteiger partial charge in [0, 0.05) is 23.8 Å². The molecule has 1 atom stereocenters. The van der Waals surface area contributed by atoms with Crippen molar-refractivity contribution in [2.24, 2.45) is 0 Å². The molecule has 1 aliphatic heterocycles. The number of ether oxygens (including phenoxy) is 1. The Morgan fingerprint density at radius 3 is 2.46 bits per heavy atom. The minimum Gasteiger partial charge on any atom is -0.378 e. The van der Waals surface area contributed by atoms with Gasteiger partial charge in [-0.2, -0.15) is 0 Å². The molecule has 24 heavy (non-hydrogen) atoms. The monoisotopic (exact) mass is 353 g/mol. The highest BCUT2D eigenvalue weighted by Gasteiger charge is 2.21. The first-order valence-corrected chi connectivity index (χ1v) is 8.25. The van der Waals surface area contributed by atoms with Crippen LogP contribution in [-0.4, -0.2) is 43.7 Å². The molecule has 1 aromatic rings. The third kappa shape index (κ3) is 4.93. The number of amides is 2. The number of nitrogens with one attached hydrogen (secondary N) is 3. The van der Waals surface area contributed by atoms with E-state index < -0.39 is 0 Å². The maximum atomic E-state index is 12.2. The highest BCUT2D eigenvalue weighted by atomic mass is 35.5. The molecule has 1 saturated heterocycles. The van der Waals surface area contributed by atoms with E-state index in [9.17, 15) is 9.59 Å². The predicted octanol–water partition coefficient (Wildman–Crippen LogP) is 1.71. The number of carbonyl (C=O) groups is 2. The Morgan fingerprint density at radius 2 is 1.83 bits per heavy atom. The molecule has 1 aliphatic carbocycles. The van der Waals surface area contributed by atoms with E-state index in [4.69, 9.17) is 4.74 Å². The van der Waals surface area contributed by atoms with Gasteiger partial charge in [-0.25, -0.2) is 0 Å². The number of hydrogen-bond acceptors (Lipinski definition) is 4. The van der Waals surface area contributed by atoms with Gasteiger partial charge in [-0.05, 0) is 37.1 Å². The van der Waals surface area contributed by atoms with Gasteiger partial charge in [-0.15, -0.1) is 12.4 Å². The van der Waals surface area contributed by atoms with E-state index in [0.29, 0.717) is 37.1 Å². The molecule has 1 aromatic carbocycles. The first-order valence-electron chi connectivity index (χ1n) is 8.25. The second-order valence-electron chi connectivity index (χ2n) is 6.10. The number of carbonyl (C=O) groups excluding carboxylic acids is 2. The molecule has 2 amide bonds. The van der Waals surface area contributed by atoms with Gasteiger partial charge in [0.1, 0.15) is 6.04 Å². The molecule has 3 N–H and O–H groups in total. The van der Waals surface area contributed by atoms with E-state index in [2.05, 4.69) is 16.0 Å². The molecule has 1 unspecified atom stereocenters. The van der Waals surface area contributed by atoms with Crippen molar-refractivity contribution in [2.45, 2.75) is 37.8 Å². The highest BCUT2D eigenvalue weighted by Crippen LogP contribution is 2.18. The maximum Gasteiger partial charge on any atom is 0.251 e. The van der Waals surface area contributed by atoms with Crippen molar-refractivity contribution in [3.63, 3.8) is 0 Å². The molecule has 132 valence electrons. The lowest BCUT2D eigenvalue weighted by Gasteiger charge is -2.22. The zero-order valence-corrected chi connectivity index (χ0v) is 14.4. The minimum absolute atomic E-state index is 0. The molecule has 6 nitrogen and oxygen atoms in total. The Balaban J connectivity index is 0.00000208. The number of morpholine rings is 1. The van der Waals surface area contributed by atoms with Crippen LogP contribution in [0.15, 0.2) is 24.3 Å². The van der Waals surface area contributed by atoms with Gasteiger partial charge >= 0.3 is 0 Å². The number of benzene rings is 1. The zero-order chi connectivity index (χ0) is 16.1. The van der Waals surface area contributed by atoms with Crippen molar-refractivity contribution < 1.29 is 14.3 Å². The summed E-state index contributed by atoms with van der Waals surface area (Å²) in [5.41, 5.74) is 1.30. The van der Waals surface area contributed by atoms with E-state index >= 15 is 0 Å². The van der Waals surface area contributed by atoms with Gasteiger partial charge in [-0.1, -0.05) is 12.8 Å². The minimum atomic E-state index is -0.325. The summed E-state index contributed by atoms with van der Waals surface area (Å²) in [6.07, 6.45) is 4.51. The topological polar surface area (TPSA) is 79.5 Å². The van der Waals surface area contributed by atoms with Crippen molar-refractivity contribution in [1.82, 2.24) is 10.6 Å². The van der Waals surface area contributed by atoms with Crippen LogP contribution in [-0.2, 0) is 9.53 Å². The van der Waals surface area contributed by atoms with E-state index in [-0.39, 0.29) is 30.3 Å². The van der Waals surface area contributed by atoms with Crippen LogP contribution in [0.5, 0.6) is 0 Å². The Labute approximate surface area is 148 Å². The van der Waals surface area contributed by atoms with Crippen LogP contribution < -0.4 is 16.0 Å². The molecule has 1 heterocycles. The number of rotatable bonds is 4. The van der Waals surface area contributed by atoms with Gasteiger partial charge in [0.2, 0.25) is 5.91 Å². The van der Waals surface area contributed by atoms with Crippen LogP contribution in [0.1, 0.15) is 36.0 Å². The van der Waals surface area contributed by atoms with Crippen molar-refractivity contribution >= 4 is 29.9 Å². The Morgan fingerprint density at radius 1 is 1.12 bits per heavy atom. The van der Waals surface area contributed by atoms with Gasteiger partial charge in [0.25, 0.3) is 5.91 Å². The normalized spacial score (nSPS) is 20.9. The molecule has 7 heteroatoms. The molecule has 2 aliphatic rings. The Kier molecular flexibility index (Phi) is 7.02. The quantitative estimate of drug-likeness (QED) is 0.770.